The molecule has 25 heavy (non-hydrogen) atoms. The molecule has 0 aliphatic carbocycles. The van der Waals surface area contributed by atoms with E-state index in [1.165, 1.54) is 6.07 Å². The van der Waals surface area contributed by atoms with Gasteiger partial charge in [0.05, 0.1) is 18.5 Å². The van der Waals surface area contributed by atoms with Gasteiger partial charge in [-0.15, -0.1) is 0 Å². The van der Waals surface area contributed by atoms with Crippen LogP contribution in [0, 0.1) is 5.82 Å². The van der Waals surface area contributed by atoms with Crippen molar-refractivity contribution in [3.8, 4) is 0 Å². The Morgan fingerprint density at radius 2 is 1.96 bits per heavy atom. The highest BCUT2D eigenvalue weighted by Crippen LogP contribution is 2.45. The van der Waals surface area contributed by atoms with Crippen LogP contribution in [-0.4, -0.2) is 34.5 Å². The Balaban J connectivity index is 1.43. The van der Waals surface area contributed by atoms with E-state index < -0.39 is 11.4 Å². The molecule has 2 aliphatic heterocycles. The summed E-state index contributed by atoms with van der Waals surface area (Å²) in [5.41, 5.74) is -0.766. The van der Waals surface area contributed by atoms with E-state index in [-0.39, 0.29) is 30.2 Å². The monoisotopic (exact) mass is 344 g/mol. The van der Waals surface area contributed by atoms with Gasteiger partial charge in [-0.3, -0.25) is 9.69 Å². The Hall–Kier alpha value is -2.18. The third kappa shape index (κ3) is 3.07. The third-order valence-corrected chi connectivity index (χ3v) is 5.37. The van der Waals surface area contributed by atoms with Crippen molar-refractivity contribution in [1.29, 1.82) is 0 Å². The molecule has 2 aliphatic rings. The Labute approximate surface area is 145 Å². The highest BCUT2D eigenvalue weighted by molar-refractivity contribution is 5.92. The fraction of sp³-hybridized carbons (Fsp3) is 0.421. The largest absolute Gasteiger partial charge is 0.466 e. The molecule has 2 saturated heterocycles. The van der Waals surface area contributed by atoms with E-state index in [9.17, 15) is 14.3 Å². The van der Waals surface area contributed by atoms with Gasteiger partial charge in [0.15, 0.2) is 0 Å². The third-order valence-electron chi connectivity index (χ3n) is 5.37. The van der Waals surface area contributed by atoms with Gasteiger partial charge in [0.25, 0.3) is 0 Å². The fourth-order valence-electron chi connectivity index (χ4n) is 4.24. The first kappa shape index (κ1) is 16.3. The maximum Gasteiger partial charge on any atom is 0.238 e. The van der Waals surface area contributed by atoms with Crippen LogP contribution in [0.1, 0.15) is 31.4 Å². The minimum atomic E-state index is -0.964. The van der Waals surface area contributed by atoms with E-state index in [0.717, 1.165) is 12.8 Å². The Kier molecular flexibility index (Phi) is 4.09. The van der Waals surface area contributed by atoms with Crippen molar-refractivity contribution in [3.63, 3.8) is 0 Å². The lowest BCUT2D eigenvalue weighted by atomic mass is 9.84. The number of para-hydroxylation sites is 1. The van der Waals surface area contributed by atoms with Crippen LogP contribution in [0.2, 0.25) is 0 Å². The topological polar surface area (TPSA) is 65.7 Å². The van der Waals surface area contributed by atoms with Gasteiger partial charge in [-0.25, -0.2) is 4.39 Å². The molecule has 2 N–H and O–H groups in total. The first-order chi connectivity index (χ1) is 12.0. The molecule has 2 fully saturated rings. The molecule has 3 heterocycles. The van der Waals surface area contributed by atoms with Crippen molar-refractivity contribution in [2.45, 2.75) is 43.4 Å². The number of rotatable bonds is 4. The second kappa shape index (κ2) is 6.28. The summed E-state index contributed by atoms with van der Waals surface area (Å²) in [7, 11) is 0. The van der Waals surface area contributed by atoms with E-state index in [2.05, 4.69) is 10.2 Å². The molecule has 0 saturated carbocycles. The molecule has 1 amide bonds. The van der Waals surface area contributed by atoms with Crippen molar-refractivity contribution >= 4 is 11.6 Å². The van der Waals surface area contributed by atoms with Gasteiger partial charge in [0.1, 0.15) is 17.2 Å². The minimum Gasteiger partial charge on any atom is -0.466 e. The van der Waals surface area contributed by atoms with Crippen LogP contribution in [0.3, 0.4) is 0 Å². The minimum absolute atomic E-state index is 0.125. The molecular weight excluding hydrogens is 323 g/mol. The number of benzene rings is 1. The number of anilines is 1. The van der Waals surface area contributed by atoms with Gasteiger partial charge in [0, 0.05) is 12.1 Å². The summed E-state index contributed by atoms with van der Waals surface area (Å²) < 4.78 is 19.1. The quantitative estimate of drug-likeness (QED) is 0.895. The second-order valence-electron chi connectivity index (χ2n) is 7.00. The van der Waals surface area contributed by atoms with E-state index in [1.807, 2.05) is 0 Å². The average molecular weight is 344 g/mol. The van der Waals surface area contributed by atoms with Crippen LogP contribution in [0.25, 0.3) is 0 Å². The molecule has 2 aromatic rings. The van der Waals surface area contributed by atoms with Crippen LogP contribution in [0.4, 0.5) is 10.1 Å². The average Bonchev–Trinajstić information content (AvgIpc) is 3.19. The van der Waals surface area contributed by atoms with E-state index >= 15 is 0 Å². The number of nitrogens with zero attached hydrogens (tertiary/aromatic N) is 1. The van der Waals surface area contributed by atoms with E-state index in [1.54, 1.807) is 36.6 Å². The molecule has 2 unspecified atom stereocenters. The zero-order chi connectivity index (χ0) is 17.4. The van der Waals surface area contributed by atoms with Gasteiger partial charge in [0.2, 0.25) is 5.91 Å². The van der Waals surface area contributed by atoms with Crippen molar-refractivity contribution < 1.29 is 18.7 Å². The number of carbonyl (C=O) groups is 1. The number of hydrogen-bond donors (Lipinski definition) is 2. The summed E-state index contributed by atoms with van der Waals surface area (Å²) in [4.78, 5) is 14.5. The number of aliphatic hydroxyl groups is 1. The summed E-state index contributed by atoms with van der Waals surface area (Å²) in [5.74, 6) is -0.0741. The highest BCUT2D eigenvalue weighted by atomic mass is 19.1. The lowest BCUT2D eigenvalue weighted by Gasteiger charge is -2.42. The number of hydrogen-bond acceptors (Lipinski definition) is 4. The van der Waals surface area contributed by atoms with Crippen LogP contribution in [0.5, 0.6) is 0 Å². The van der Waals surface area contributed by atoms with Gasteiger partial charge < -0.3 is 14.8 Å². The van der Waals surface area contributed by atoms with Crippen LogP contribution in [0.15, 0.2) is 47.1 Å². The molecule has 2 atom stereocenters. The van der Waals surface area contributed by atoms with E-state index in [4.69, 9.17) is 4.42 Å². The number of carbonyl (C=O) groups excluding carboxylic acids is 1. The Bertz CT molecular complexity index is 748. The van der Waals surface area contributed by atoms with Gasteiger partial charge in [-0.05, 0) is 49.9 Å². The number of piperidine rings is 1. The number of amides is 1. The smallest absolute Gasteiger partial charge is 0.238 e. The standard InChI is InChI=1S/C19H21FN2O3/c20-15-4-1-2-5-16(15)21-18(23)12-22-13-7-8-14(22)11-19(24,10-13)17-6-3-9-25-17/h1-6,9,13-14,24H,7-8,10-12H2,(H,21,23). The summed E-state index contributed by atoms with van der Waals surface area (Å²) in [6, 6.07) is 9.99. The van der Waals surface area contributed by atoms with Crippen molar-refractivity contribution in [3.05, 3.63) is 54.2 Å². The molecular formula is C19H21FN2O3. The van der Waals surface area contributed by atoms with Crippen molar-refractivity contribution in [2.75, 3.05) is 11.9 Å². The van der Waals surface area contributed by atoms with Crippen LogP contribution in [-0.2, 0) is 10.4 Å². The molecule has 132 valence electrons. The molecule has 2 bridgehead atoms. The zero-order valence-corrected chi connectivity index (χ0v) is 13.8. The summed E-state index contributed by atoms with van der Waals surface area (Å²) in [6.45, 7) is 0.206. The molecule has 0 spiro atoms. The Morgan fingerprint density at radius 3 is 2.60 bits per heavy atom. The first-order valence-electron chi connectivity index (χ1n) is 8.62. The molecule has 6 heteroatoms. The number of halogens is 1. The zero-order valence-electron chi connectivity index (χ0n) is 13.8. The van der Waals surface area contributed by atoms with Crippen LogP contribution >= 0.6 is 0 Å². The fourth-order valence-corrected chi connectivity index (χ4v) is 4.24. The highest BCUT2D eigenvalue weighted by Gasteiger charge is 2.49. The number of nitrogens with one attached hydrogen (secondary N) is 1. The summed E-state index contributed by atoms with van der Waals surface area (Å²) in [6.07, 6.45) is 4.55. The number of furan rings is 1. The first-order valence-corrected chi connectivity index (χ1v) is 8.62. The maximum absolute atomic E-state index is 13.7. The van der Waals surface area contributed by atoms with Gasteiger partial charge in [-0.1, -0.05) is 12.1 Å². The predicted octanol–water partition coefficient (Wildman–Crippen LogP) is 2.87. The normalized spacial score (nSPS) is 28.9. The molecule has 5 nitrogen and oxygen atoms in total. The van der Waals surface area contributed by atoms with Gasteiger partial charge >= 0.3 is 0 Å². The maximum atomic E-state index is 13.7. The molecule has 0 radical (unpaired) electrons. The molecule has 1 aromatic carbocycles. The lowest BCUT2D eigenvalue weighted by Crippen LogP contribution is -2.51. The van der Waals surface area contributed by atoms with Crippen molar-refractivity contribution in [1.82, 2.24) is 4.90 Å². The van der Waals surface area contributed by atoms with Crippen LogP contribution < -0.4 is 5.32 Å². The summed E-state index contributed by atoms with van der Waals surface area (Å²) in [5, 5.41) is 13.6. The number of fused-ring (bicyclic) bond motifs is 2. The van der Waals surface area contributed by atoms with E-state index in [0.29, 0.717) is 18.6 Å². The molecule has 4 rings (SSSR count). The van der Waals surface area contributed by atoms with Crippen molar-refractivity contribution in [2.24, 2.45) is 0 Å². The lowest BCUT2D eigenvalue weighted by molar-refractivity contribution is -0.121. The SMILES string of the molecule is O=C(CN1C2CCC1CC(O)(c1ccco1)C2)Nc1ccccc1F. The predicted molar refractivity (Wildman–Crippen MR) is 90.4 cm³/mol. The molecule has 1 aromatic heterocycles. The second-order valence-corrected chi connectivity index (χ2v) is 7.00. The Morgan fingerprint density at radius 1 is 1.24 bits per heavy atom. The van der Waals surface area contributed by atoms with Gasteiger partial charge in [-0.2, -0.15) is 0 Å². The summed E-state index contributed by atoms with van der Waals surface area (Å²) >= 11 is 0.